The zero-order chi connectivity index (χ0) is 16.1. The maximum absolute atomic E-state index is 12.3. The number of hydrogen-bond donors (Lipinski definition) is 2. The van der Waals surface area contributed by atoms with Crippen LogP contribution in [0.1, 0.15) is 37.7 Å². The van der Waals surface area contributed by atoms with Crippen LogP contribution >= 0.6 is 11.8 Å². The van der Waals surface area contributed by atoms with E-state index in [1.165, 1.54) is 18.4 Å². The highest BCUT2D eigenvalue weighted by atomic mass is 32.2. The minimum Gasteiger partial charge on any atom is -0.355 e. The lowest BCUT2D eigenvalue weighted by Crippen LogP contribution is -2.32. The molecule has 1 heterocycles. The van der Waals surface area contributed by atoms with Gasteiger partial charge in [-0.1, -0.05) is 31.0 Å². The topological polar surface area (TPSA) is 58.2 Å². The van der Waals surface area contributed by atoms with Crippen molar-refractivity contribution in [2.45, 2.75) is 43.8 Å². The Balaban J connectivity index is 1.42. The number of anilines is 1. The van der Waals surface area contributed by atoms with E-state index in [2.05, 4.69) is 16.7 Å². The molecule has 1 fully saturated rings. The van der Waals surface area contributed by atoms with Crippen molar-refractivity contribution >= 4 is 29.3 Å². The van der Waals surface area contributed by atoms with Gasteiger partial charge in [0.2, 0.25) is 11.8 Å². The van der Waals surface area contributed by atoms with Gasteiger partial charge >= 0.3 is 0 Å². The molecule has 2 aliphatic rings. The summed E-state index contributed by atoms with van der Waals surface area (Å²) in [6.45, 7) is 0.650. The van der Waals surface area contributed by atoms with Gasteiger partial charge in [-0.2, -0.15) is 0 Å². The summed E-state index contributed by atoms with van der Waals surface area (Å²) in [4.78, 5) is 24.3. The van der Waals surface area contributed by atoms with Gasteiger partial charge in [0, 0.05) is 23.9 Å². The highest BCUT2D eigenvalue weighted by Gasteiger charge is 2.24. The van der Waals surface area contributed by atoms with Crippen molar-refractivity contribution in [3.05, 3.63) is 29.8 Å². The molecule has 0 aromatic heterocycles. The van der Waals surface area contributed by atoms with Crippen molar-refractivity contribution in [2.75, 3.05) is 17.6 Å². The third kappa shape index (κ3) is 4.28. The molecule has 0 saturated heterocycles. The van der Waals surface area contributed by atoms with Gasteiger partial charge in [0.1, 0.15) is 0 Å². The monoisotopic (exact) mass is 332 g/mol. The number of thioether (sulfide) groups is 1. The third-order valence-electron chi connectivity index (χ3n) is 4.69. The van der Waals surface area contributed by atoms with Crippen LogP contribution in [-0.2, 0) is 16.0 Å². The zero-order valence-corrected chi connectivity index (χ0v) is 14.2. The molecule has 1 aliphatic heterocycles. The number of rotatable bonds is 5. The van der Waals surface area contributed by atoms with Crippen LogP contribution in [0.2, 0.25) is 0 Å². The molecule has 3 rings (SSSR count). The molecule has 23 heavy (non-hydrogen) atoms. The smallest absolute Gasteiger partial charge is 0.237 e. The van der Waals surface area contributed by atoms with Crippen molar-refractivity contribution in [3.8, 4) is 0 Å². The molecular formula is C18H24N2O2S. The summed E-state index contributed by atoms with van der Waals surface area (Å²) in [6.07, 6.45) is 6.18. The van der Waals surface area contributed by atoms with Crippen LogP contribution in [0, 0.1) is 5.92 Å². The van der Waals surface area contributed by atoms with E-state index in [-0.39, 0.29) is 23.0 Å². The third-order valence-corrected chi connectivity index (χ3v) is 5.98. The summed E-state index contributed by atoms with van der Waals surface area (Å²) < 4.78 is 0. The first kappa shape index (κ1) is 16.4. The normalized spacial score (nSPS) is 21.4. The van der Waals surface area contributed by atoms with E-state index in [0.29, 0.717) is 6.54 Å². The second kappa shape index (κ2) is 7.86. The quantitative estimate of drug-likeness (QED) is 0.815. The highest BCUT2D eigenvalue weighted by molar-refractivity contribution is 8.00. The fraction of sp³-hybridized carbons (Fsp3) is 0.556. The van der Waals surface area contributed by atoms with Crippen molar-refractivity contribution in [1.82, 2.24) is 5.32 Å². The fourth-order valence-corrected chi connectivity index (χ4v) is 4.36. The van der Waals surface area contributed by atoms with Crippen molar-refractivity contribution in [1.29, 1.82) is 0 Å². The first-order chi connectivity index (χ1) is 11.2. The van der Waals surface area contributed by atoms with E-state index in [0.717, 1.165) is 37.1 Å². The Morgan fingerprint density at radius 3 is 2.83 bits per heavy atom. The number of para-hydroxylation sites is 1. The molecule has 1 unspecified atom stereocenters. The van der Waals surface area contributed by atoms with E-state index in [9.17, 15) is 9.59 Å². The number of carbonyl (C=O) groups excluding carboxylic acids is 2. The number of nitrogens with one attached hydrogen (secondary N) is 2. The highest BCUT2D eigenvalue weighted by Crippen LogP contribution is 2.27. The molecular weight excluding hydrogens is 308 g/mol. The molecule has 2 N–H and O–H groups in total. The van der Waals surface area contributed by atoms with Gasteiger partial charge in [0.25, 0.3) is 0 Å². The lowest BCUT2D eigenvalue weighted by atomic mass is 10.1. The van der Waals surface area contributed by atoms with Crippen LogP contribution < -0.4 is 10.6 Å². The molecule has 1 aromatic rings. The largest absolute Gasteiger partial charge is 0.355 e. The zero-order valence-electron chi connectivity index (χ0n) is 13.3. The average Bonchev–Trinajstić information content (AvgIpc) is 3.04. The summed E-state index contributed by atoms with van der Waals surface area (Å²) in [5.74, 6) is 1.28. The van der Waals surface area contributed by atoms with Crippen LogP contribution in [0.3, 0.4) is 0 Å². The fourth-order valence-electron chi connectivity index (χ4n) is 3.36. The average molecular weight is 332 g/mol. The van der Waals surface area contributed by atoms with Gasteiger partial charge in [-0.15, -0.1) is 11.8 Å². The summed E-state index contributed by atoms with van der Waals surface area (Å²) in [5, 5.41) is 6.00. The van der Waals surface area contributed by atoms with E-state index in [1.807, 2.05) is 18.2 Å². The first-order valence-corrected chi connectivity index (χ1v) is 9.57. The van der Waals surface area contributed by atoms with E-state index in [1.54, 1.807) is 11.8 Å². The number of amides is 2. The molecule has 4 nitrogen and oxygen atoms in total. The second-order valence-electron chi connectivity index (χ2n) is 6.32. The summed E-state index contributed by atoms with van der Waals surface area (Å²) in [7, 11) is 0. The first-order valence-electron chi connectivity index (χ1n) is 8.52. The SMILES string of the molecule is O=C(NCCSC1CCc2ccccc2NC1=O)C1CCCC1. The van der Waals surface area contributed by atoms with Gasteiger partial charge in [-0.3, -0.25) is 9.59 Å². The molecule has 5 heteroatoms. The van der Waals surface area contributed by atoms with Gasteiger partial charge in [-0.05, 0) is 37.3 Å². The maximum Gasteiger partial charge on any atom is 0.237 e. The van der Waals surface area contributed by atoms with Crippen molar-refractivity contribution in [2.24, 2.45) is 5.92 Å². The number of hydrogen-bond acceptors (Lipinski definition) is 3. The summed E-state index contributed by atoms with van der Waals surface area (Å²) >= 11 is 1.65. The Morgan fingerprint density at radius 1 is 1.22 bits per heavy atom. The maximum atomic E-state index is 12.3. The summed E-state index contributed by atoms with van der Waals surface area (Å²) in [5.41, 5.74) is 2.15. The van der Waals surface area contributed by atoms with Gasteiger partial charge in [0.05, 0.1) is 5.25 Å². The minimum atomic E-state index is -0.0363. The van der Waals surface area contributed by atoms with Crippen LogP contribution in [0.15, 0.2) is 24.3 Å². The summed E-state index contributed by atoms with van der Waals surface area (Å²) in [6, 6.07) is 7.99. The predicted octanol–water partition coefficient (Wildman–Crippen LogP) is 2.98. The Hall–Kier alpha value is -1.49. The Morgan fingerprint density at radius 2 is 2.00 bits per heavy atom. The Labute approximate surface area is 141 Å². The van der Waals surface area contributed by atoms with E-state index < -0.39 is 0 Å². The molecule has 0 bridgehead atoms. The number of benzene rings is 1. The van der Waals surface area contributed by atoms with Gasteiger partial charge in [-0.25, -0.2) is 0 Å². The molecule has 2 amide bonds. The Kier molecular flexibility index (Phi) is 5.60. The standard InChI is InChI=1S/C18H24N2O2S/c21-17(14-6-1-2-7-14)19-11-12-23-16-10-9-13-5-3-4-8-15(13)20-18(16)22/h3-5,8,14,16H,1-2,6-7,9-12H2,(H,19,21)(H,20,22). The van der Waals surface area contributed by atoms with Crippen LogP contribution in [0.4, 0.5) is 5.69 Å². The van der Waals surface area contributed by atoms with Gasteiger partial charge in [0.15, 0.2) is 0 Å². The number of aryl methyl sites for hydroxylation is 1. The minimum absolute atomic E-state index is 0.0363. The molecule has 0 spiro atoms. The molecule has 0 radical (unpaired) electrons. The van der Waals surface area contributed by atoms with Crippen LogP contribution in [0.25, 0.3) is 0 Å². The molecule has 1 aromatic carbocycles. The van der Waals surface area contributed by atoms with E-state index in [4.69, 9.17) is 0 Å². The molecule has 1 saturated carbocycles. The lowest BCUT2D eigenvalue weighted by molar-refractivity contribution is -0.124. The Bertz CT molecular complexity index is 570. The number of carbonyl (C=O) groups is 2. The lowest BCUT2D eigenvalue weighted by Gasteiger charge is -2.14. The van der Waals surface area contributed by atoms with Crippen molar-refractivity contribution < 1.29 is 9.59 Å². The van der Waals surface area contributed by atoms with Crippen LogP contribution in [0.5, 0.6) is 0 Å². The second-order valence-corrected chi connectivity index (χ2v) is 7.63. The molecule has 124 valence electrons. The van der Waals surface area contributed by atoms with Gasteiger partial charge < -0.3 is 10.6 Å². The number of fused-ring (bicyclic) bond motifs is 1. The van der Waals surface area contributed by atoms with E-state index >= 15 is 0 Å². The predicted molar refractivity (Wildman–Crippen MR) is 94.6 cm³/mol. The molecule has 1 aliphatic carbocycles. The molecule has 1 atom stereocenters. The van der Waals surface area contributed by atoms with Crippen molar-refractivity contribution in [3.63, 3.8) is 0 Å². The van der Waals surface area contributed by atoms with Crippen LogP contribution in [-0.4, -0.2) is 29.4 Å².